The van der Waals surface area contributed by atoms with Crippen LogP contribution in [0.25, 0.3) is 0 Å². The molecule has 0 aliphatic carbocycles. The normalized spacial score (nSPS) is 19.3. The lowest BCUT2D eigenvalue weighted by atomic mass is 10.1. The van der Waals surface area contributed by atoms with Crippen LogP contribution in [-0.4, -0.2) is 53.6 Å². The molecular formula is C21H29FN4O2. The van der Waals surface area contributed by atoms with Crippen LogP contribution in [0, 0.1) is 11.7 Å². The number of halogens is 1. The quantitative estimate of drug-likeness (QED) is 0.781. The highest BCUT2D eigenvalue weighted by Gasteiger charge is 2.25. The van der Waals surface area contributed by atoms with Gasteiger partial charge in [-0.15, -0.1) is 0 Å². The highest BCUT2D eigenvalue weighted by Crippen LogP contribution is 2.15. The number of amides is 2. The fraction of sp³-hybridized carbons (Fsp3) is 0.571. The van der Waals surface area contributed by atoms with E-state index < -0.39 is 0 Å². The molecular weight excluding hydrogens is 359 g/mol. The number of carbonyl (C=O) groups is 2. The Labute approximate surface area is 165 Å². The van der Waals surface area contributed by atoms with Gasteiger partial charge in [-0.1, -0.05) is 25.5 Å². The first-order valence-corrected chi connectivity index (χ1v) is 10.1. The molecule has 1 N–H and O–H groups in total. The Bertz CT molecular complexity index is 714. The van der Waals surface area contributed by atoms with E-state index in [4.69, 9.17) is 0 Å². The smallest absolute Gasteiger partial charge is 0.267 e. The van der Waals surface area contributed by atoms with Gasteiger partial charge < -0.3 is 10.2 Å². The van der Waals surface area contributed by atoms with Gasteiger partial charge in [0, 0.05) is 25.9 Å². The number of nitrogens with one attached hydrogen (secondary N) is 1. The molecule has 2 aliphatic heterocycles. The molecule has 0 radical (unpaired) electrons. The highest BCUT2D eigenvalue weighted by atomic mass is 19.1. The van der Waals surface area contributed by atoms with Crippen molar-refractivity contribution in [1.82, 2.24) is 15.2 Å². The predicted molar refractivity (Wildman–Crippen MR) is 106 cm³/mol. The van der Waals surface area contributed by atoms with E-state index in [2.05, 4.69) is 22.2 Å². The molecule has 2 amide bonds. The zero-order valence-electron chi connectivity index (χ0n) is 16.5. The molecule has 7 heteroatoms. The van der Waals surface area contributed by atoms with Gasteiger partial charge in [0.15, 0.2) is 0 Å². The fourth-order valence-corrected chi connectivity index (χ4v) is 3.67. The van der Waals surface area contributed by atoms with Gasteiger partial charge in [-0.3, -0.25) is 9.59 Å². The van der Waals surface area contributed by atoms with Crippen molar-refractivity contribution in [3.05, 3.63) is 35.6 Å². The molecule has 2 aliphatic rings. The molecule has 1 unspecified atom stereocenters. The third-order valence-corrected chi connectivity index (χ3v) is 5.24. The summed E-state index contributed by atoms with van der Waals surface area (Å²) in [5.74, 6) is -0.291. The Morgan fingerprint density at radius 1 is 1.18 bits per heavy atom. The second kappa shape index (κ2) is 9.78. The van der Waals surface area contributed by atoms with Gasteiger partial charge in [0.25, 0.3) is 5.91 Å². The number of hydrogen-bond donors (Lipinski definition) is 1. The van der Waals surface area contributed by atoms with Gasteiger partial charge in [-0.05, 0) is 49.5 Å². The second-order valence-corrected chi connectivity index (χ2v) is 7.80. The summed E-state index contributed by atoms with van der Waals surface area (Å²) in [6.45, 7) is 6.25. The van der Waals surface area contributed by atoms with Crippen LogP contribution in [0.3, 0.4) is 0 Å². The van der Waals surface area contributed by atoms with E-state index in [-0.39, 0.29) is 30.6 Å². The van der Waals surface area contributed by atoms with E-state index in [1.807, 2.05) is 0 Å². The molecule has 0 bridgehead atoms. The first-order chi connectivity index (χ1) is 13.5. The predicted octanol–water partition coefficient (Wildman–Crippen LogP) is 2.54. The number of nitrogens with zero attached hydrogens (tertiary/aromatic N) is 3. The van der Waals surface area contributed by atoms with Crippen LogP contribution < -0.4 is 5.32 Å². The Morgan fingerprint density at radius 3 is 2.61 bits per heavy atom. The van der Waals surface area contributed by atoms with Crippen LogP contribution in [0.15, 0.2) is 29.4 Å². The number of hydrogen-bond acceptors (Lipinski definition) is 4. The first kappa shape index (κ1) is 20.5. The van der Waals surface area contributed by atoms with Crippen LogP contribution in [0.5, 0.6) is 0 Å². The van der Waals surface area contributed by atoms with Gasteiger partial charge in [-0.25, -0.2) is 9.40 Å². The molecule has 0 spiro atoms. The largest absolute Gasteiger partial charge is 0.351 e. The third-order valence-electron chi connectivity index (χ3n) is 5.24. The molecule has 1 aromatic carbocycles. The maximum Gasteiger partial charge on any atom is 0.267 e. The summed E-state index contributed by atoms with van der Waals surface area (Å²) in [5.41, 5.74) is 1.15. The number of benzene rings is 1. The summed E-state index contributed by atoms with van der Waals surface area (Å²) >= 11 is 0. The molecule has 1 saturated heterocycles. The van der Waals surface area contributed by atoms with Crippen molar-refractivity contribution < 1.29 is 14.0 Å². The molecule has 1 atom stereocenters. The summed E-state index contributed by atoms with van der Waals surface area (Å²) in [5, 5.41) is 8.53. The Balaban J connectivity index is 1.51. The minimum Gasteiger partial charge on any atom is -0.351 e. The molecule has 1 fully saturated rings. The van der Waals surface area contributed by atoms with Gasteiger partial charge in [0.1, 0.15) is 11.5 Å². The SMILES string of the molecule is CC(CNC(=O)C1=NN(Cc2ccc(F)cc2)C(=O)CC1)CN1CCCCC1. The number of likely N-dealkylation sites (tertiary alicyclic amines) is 1. The lowest BCUT2D eigenvalue weighted by Gasteiger charge is -2.29. The standard InChI is InChI=1S/C21H29FN4O2/c1-16(14-25-11-3-2-4-12-25)13-23-21(28)19-9-10-20(27)26(24-19)15-17-5-7-18(22)8-6-17/h5-8,16H,2-4,9-15H2,1H3,(H,23,28). The minimum absolute atomic E-state index is 0.126. The summed E-state index contributed by atoms with van der Waals surface area (Å²) in [6.07, 6.45) is 4.44. The zero-order chi connectivity index (χ0) is 19.9. The van der Waals surface area contributed by atoms with Crippen LogP contribution in [-0.2, 0) is 16.1 Å². The van der Waals surface area contributed by atoms with Crippen molar-refractivity contribution in [2.24, 2.45) is 11.0 Å². The van der Waals surface area contributed by atoms with Gasteiger partial charge >= 0.3 is 0 Å². The average Bonchev–Trinajstić information content (AvgIpc) is 2.70. The molecule has 0 aromatic heterocycles. The van der Waals surface area contributed by atoms with Crippen molar-refractivity contribution in [2.45, 2.75) is 45.6 Å². The van der Waals surface area contributed by atoms with Gasteiger partial charge in [0.05, 0.1) is 6.54 Å². The average molecular weight is 388 g/mol. The van der Waals surface area contributed by atoms with Crippen LogP contribution >= 0.6 is 0 Å². The molecule has 2 heterocycles. The summed E-state index contributed by atoms with van der Waals surface area (Å²) in [4.78, 5) is 27.1. The zero-order valence-corrected chi connectivity index (χ0v) is 16.5. The summed E-state index contributed by atoms with van der Waals surface area (Å²) in [6, 6.07) is 5.94. The van der Waals surface area contributed by atoms with Crippen molar-refractivity contribution in [1.29, 1.82) is 0 Å². The number of piperidine rings is 1. The van der Waals surface area contributed by atoms with Crippen molar-refractivity contribution >= 4 is 17.5 Å². The molecule has 152 valence electrons. The monoisotopic (exact) mass is 388 g/mol. The topological polar surface area (TPSA) is 65.0 Å². The summed E-state index contributed by atoms with van der Waals surface area (Å²) in [7, 11) is 0. The fourth-order valence-electron chi connectivity index (χ4n) is 3.67. The minimum atomic E-state index is -0.323. The third kappa shape index (κ3) is 5.86. The number of rotatable bonds is 7. The Morgan fingerprint density at radius 2 is 1.89 bits per heavy atom. The molecule has 6 nitrogen and oxygen atoms in total. The van der Waals surface area contributed by atoms with Gasteiger partial charge in [0.2, 0.25) is 5.91 Å². The maximum absolute atomic E-state index is 13.0. The van der Waals surface area contributed by atoms with Crippen molar-refractivity contribution in [3.63, 3.8) is 0 Å². The van der Waals surface area contributed by atoms with E-state index in [0.717, 1.165) is 25.2 Å². The maximum atomic E-state index is 13.0. The second-order valence-electron chi connectivity index (χ2n) is 7.80. The molecule has 3 rings (SSSR count). The van der Waals surface area contributed by atoms with E-state index in [1.54, 1.807) is 12.1 Å². The lowest BCUT2D eigenvalue weighted by Crippen LogP contribution is -2.42. The first-order valence-electron chi connectivity index (χ1n) is 10.1. The Hall–Kier alpha value is -2.28. The molecule has 28 heavy (non-hydrogen) atoms. The number of carbonyl (C=O) groups excluding carboxylic acids is 2. The van der Waals surface area contributed by atoms with E-state index in [0.29, 0.717) is 24.6 Å². The summed E-state index contributed by atoms with van der Waals surface area (Å²) < 4.78 is 13.0. The van der Waals surface area contributed by atoms with E-state index in [1.165, 1.54) is 36.4 Å². The van der Waals surface area contributed by atoms with Crippen LogP contribution in [0.4, 0.5) is 4.39 Å². The van der Waals surface area contributed by atoms with Crippen molar-refractivity contribution in [3.8, 4) is 0 Å². The Kier molecular flexibility index (Phi) is 7.14. The number of hydrazone groups is 1. The van der Waals surface area contributed by atoms with Crippen molar-refractivity contribution in [2.75, 3.05) is 26.2 Å². The van der Waals surface area contributed by atoms with Crippen LogP contribution in [0.2, 0.25) is 0 Å². The van der Waals surface area contributed by atoms with Gasteiger partial charge in [-0.2, -0.15) is 5.10 Å². The van der Waals surface area contributed by atoms with Crippen LogP contribution in [0.1, 0.15) is 44.6 Å². The lowest BCUT2D eigenvalue weighted by molar-refractivity contribution is -0.132. The molecule has 1 aromatic rings. The van der Waals surface area contributed by atoms with E-state index >= 15 is 0 Å². The highest BCUT2D eigenvalue weighted by molar-refractivity contribution is 6.39. The van der Waals surface area contributed by atoms with E-state index in [9.17, 15) is 14.0 Å². The molecule has 0 saturated carbocycles.